The van der Waals surface area contributed by atoms with E-state index >= 15 is 0 Å². The molecule has 2 aromatic carbocycles. The molecule has 4 heteroatoms. The fourth-order valence-electron chi connectivity index (χ4n) is 2.83. The van der Waals surface area contributed by atoms with E-state index in [1.165, 1.54) is 0 Å². The average molecular weight is 323 g/mol. The second-order valence-corrected chi connectivity index (χ2v) is 6.75. The van der Waals surface area contributed by atoms with Crippen LogP contribution in [0.3, 0.4) is 0 Å². The smallest absolute Gasteiger partial charge is 0.339 e. The Hall–Kier alpha value is -2.59. The highest BCUT2D eigenvalue weighted by Gasteiger charge is 2.30. The highest BCUT2D eigenvalue weighted by molar-refractivity contribution is 5.86. The summed E-state index contributed by atoms with van der Waals surface area (Å²) in [6.45, 7) is 5.58. The lowest BCUT2D eigenvalue weighted by atomic mass is 10.1. The van der Waals surface area contributed by atoms with E-state index in [0.29, 0.717) is 5.69 Å². The number of benzene rings is 2. The van der Waals surface area contributed by atoms with Crippen LogP contribution in [0, 0.1) is 0 Å². The summed E-state index contributed by atoms with van der Waals surface area (Å²) in [7, 11) is 0. The maximum absolute atomic E-state index is 11.9. The van der Waals surface area contributed by atoms with Gasteiger partial charge in [-0.05, 0) is 45.0 Å². The number of nitrogens with zero attached hydrogens (tertiary/aromatic N) is 1. The maximum atomic E-state index is 11.9. The Labute approximate surface area is 141 Å². The van der Waals surface area contributed by atoms with Gasteiger partial charge in [-0.25, -0.2) is 4.79 Å². The summed E-state index contributed by atoms with van der Waals surface area (Å²) in [5.41, 5.74) is 1.92. The minimum Gasteiger partial charge on any atom is -0.479 e. The molecule has 1 N–H and O–H groups in total. The van der Waals surface area contributed by atoms with Crippen LogP contribution in [0.25, 0.3) is 16.6 Å². The number of ether oxygens (including phenoxy) is 1. The zero-order chi connectivity index (χ0) is 17.3. The van der Waals surface area contributed by atoms with E-state index in [0.717, 1.165) is 16.6 Å². The number of hydrogen-bond donors (Lipinski definition) is 1. The van der Waals surface area contributed by atoms with Crippen molar-refractivity contribution in [2.24, 2.45) is 0 Å². The Morgan fingerprint density at radius 2 is 1.67 bits per heavy atom. The Bertz CT molecular complexity index is 859. The summed E-state index contributed by atoms with van der Waals surface area (Å²) >= 11 is 0. The molecular weight excluding hydrogens is 302 g/mol. The van der Waals surface area contributed by atoms with E-state index in [1.807, 2.05) is 86.0 Å². The number of aliphatic carboxylic acids is 1. The third-order valence-corrected chi connectivity index (χ3v) is 3.72. The van der Waals surface area contributed by atoms with Gasteiger partial charge in [-0.1, -0.05) is 36.4 Å². The van der Waals surface area contributed by atoms with Crippen molar-refractivity contribution in [3.8, 4) is 5.69 Å². The molecule has 3 rings (SSSR count). The Kier molecular flexibility index (Phi) is 4.16. The summed E-state index contributed by atoms with van der Waals surface area (Å²) < 4.78 is 7.81. The van der Waals surface area contributed by atoms with Gasteiger partial charge < -0.3 is 14.4 Å². The highest BCUT2D eigenvalue weighted by Crippen LogP contribution is 2.32. The minimum absolute atomic E-state index is 0.568. The summed E-state index contributed by atoms with van der Waals surface area (Å²) in [4.78, 5) is 11.9. The summed E-state index contributed by atoms with van der Waals surface area (Å²) in [6.07, 6.45) is -1.04. The molecule has 0 saturated heterocycles. The third-order valence-electron chi connectivity index (χ3n) is 3.72. The van der Waals surface area contributed by atoms with Gasteiger partial charge >= 0.3 is 5.97 Å². The van der Waals surface area contributed by atoms with Crippen LogP contribution in [0.5, 0.6) is 0 Å². The number of carboxylic acid groups (broad SMARTS) is 1. The molecular formula is C20H21NO3. The minimum atomic E-state index is -1.04. The van der Waals surface area contributed by atoms with Gasteiger partial charge in [0.1, 0.15) is 0 Å². The normalized spacial score (nSPS) is 13.1. The molecule has 124 valence electrons. The molecule has 1 atom stereocenters. The molecule has 1 heterocycles. The third kappa shape index (κ3) is 3.19. The predicted molar refractivity (Wildman–Crippen MR) is 94.5 cm³/mol. The quantitative estimate of drug-likeness (QED) is 0.765. The number of rotatable bonds is 4. The Morgan fingerprint density at radius 1 is 1.04 bits per heavy atom. The van der Waals surface area contributed by atoms with Gasteiger partial charge in [0.25, 0.3) is 0 Å². The fourth-order valence-corrected chi connectivity index (χ4v) is 2.83. The molecule has 1 unspecified atom stereocenters. The van der Waals surface area contributed by atoms with Gasteiger partial charge in [0, 0.05) is 11.1 Å². The molecule has 0 amide bonds. The molecule has 0 fully saturated rings. The number of aromatic nitrogens is 1. The van der Waals surface area contributed by atoms with Crippen molar-refractivity contribution in [2.45, 2.75) is 32.5 Å². The first-order valence-corrected chi connectivity index (χ1v) is 7.93. The lowest BCUT2D eigenvalue weighted by molar-refractivity contribution is -0.161. The monoisotopic (exact) mass is 323 g/mol. The first-order chi connectivity index (χ1) is 11.4. The van der Waals surface area contributed by atoms with Crippen LogP contribution in [0.2, 0.25) is 0 Å². The van der Waals surface area contributed by atoms with E-state index in [1.54, 1.807) is 0 Å². The standard InChI is InChI=1S/C20H21NO3/c1-20(2,3)24-18(19(22)23)17-13-14-9-7-8-12-16(14)21(17)15-10-5-4-6-11-15/h4-13,18H,1-3H3,(H,22,23). The highest BCUT2D eigenvalue weighted by atomic mass is 16.5. The molecule has 0 aliphatic rings. The van der Waals surface area contributed by atoms with Crippen molar-refractivity contribution in [2.75, 3.05) is 0 Å². The zero-order valence-corrected chi connectivity index (χ0v) is 14.1. The van der Waals surface area contributed by atoms with Crippen LogP contribution >= 0.6 is 0 Å². The summed E-state index contributed by atoms with van der Waals surface area (Å²) in [5.74, 6) is -0.995. The van der Waals surface area contributed by atoms with Crippen molar-refractivity contribution < 1.29 is 14.6 Å². The van der Waals surface area contributed by atoms with E-state index in [4.69, 9.17) is 4.74 Å². The van der Waals surface area contributed by atoms with E-state index in [2.05, 4.69) is 0 Å². The lowest BCUT2D eigenvalue weighted by Gasteiger charge is -2.26. The van der Waals surface area contributed by atoms with Crippen molar-refractivity contribution in [3.63, 3.8) is 0 Å². The van der Waals surface area contributed by atoms with E-state index < -0.39 is 17.7 Å². The SMILES string of the molecule is CC(C)(C)OC(C(=O)O)c1cc2ccccc2n1-c1ccccc1. The number of carbonyl (C=O) groups is 1. The molecule has 0 radical (unpaired) electrons. The molecule has 0 aliphatic heterocycles. The number of para-hydroxylation sites is 2. The average Bonchev–Trinajstić information content (AvgIpc) is 2.91. The van der Waals surface area contributed by atoms with Gasteiger partial charge in [-0.15, -0.1) is 0 Å². The van der Waals surface area contributed by atoms with Gasteiger partial charge in [0.05, 0.1) is 16.8 Å². The predicted octanol–water partition coefficient (Wildman–Crippen LogP) is 4.57. The van der Waals surface area contributed by atoms with Crippen LogP contribution in [-0.4, -0.2) is 21.2 Å². The zero-order valence-electron chi connectivity index (χ0n) is 14.1. The molecule has 4 nitrogen and oxygen atoms in total. The number of hydrogen-bond acceptors (Lipinski definition) is 2. The van der Waals surface area contributed by atoms with Crippen molar-refractivity contribution in [3.05, 3.63) is 66.4 Å². The molecule has 1 aromatic heterocycles. The summed E-state index contributed by atoms with van der Waals surface area (Å²) in [6, 6.07) is 19.5. The van der Waals surface area contributed by atoms with E-state index in [9.17, 15) is 9.90 Å². The maximum Gasteiger partial charge on any atom is 0.339 e. The van der Waals surface area contributed by atoms with Crippen LogP contribution in [0.4, 0.5) is 0 Å². The molecule has 0 saturated carbocycles. The molecule has 0 bridgehead atoms. The van der Waals surface area contributed by atoms with Crippen LogP contribution in [0.15, 0.2) is 60.7 Å². The number of fused-ring (bicyclic) bond motifs is 1. The Balaban J connectivity index is 2.25. The Morgan fingerprint density at radius 3 is 2.29 bits per heavy atom. The first-order valence-electron chi connectivity index (χ1n) is 7.93. The van der Waals surface area contributed by atoms with Gasteiger partial charge in [-0.2, -0.15) is 0 Å². The van der Waals surface area contributed by atoms with Gasteiger partial charge in [0.15, 0.2) is 6.10 Å². The van der Waals surface area contributed by atoms with E-state index in [-0.39, 0.29) is 0 Å². The largest absolute Gasteiger partial charge is 0.479 e. The molecule has 24 heavy (non-hydrogen) atoms. The van der Waals surface area contributed by atoms with Crippen LogP contribution in [0.1, 0.15) is 32.6 Å². The van der Waals surface area contributed by atoms with Crippen LogP contribution < -0.4 is 0 Å². The molecule has 0 spiro atoms. The van der Waals surface area contributed by atoms with Gasteiger partial charge in [0.2, 0.25) is 0 Å². The molecule has 3 aromatic rings. The first kappa shape index (κ1) is 16.3. The van der Waals surface area contributed by atoms with Crippen molar-refractivity contribution in [1.82, 2.24) is 4.57 Å². The second kappa shape index (κ2) is 6.13. The fraction of sp³-hybridized carbons (Fsp3) is 0.250. The summed E-state index contributed by atoms with van der Waals surface area (Å²) in [5, 5.41) is 10.7. The second-order valence-electron chi connectivity index (χ2n) is 6.75. The van der Waals surface area contributed by atoms with Crippen LogP contribution in [-0.2, 0) is 9.53 Å². The van der Waals surface area contributed by atoms with Crippen molar-refractivity contribution in [1.29, 1.82) is 0 Å². The van der Waals surface area contributed by atoms with Gasteiger partial charge in [-0.3, -0.25) is 0 Å². The number of carboxylic acids is 1. The van der Waals surface area contributed by atoms with Crippen molar-refractivity contribution >= 4 is 16.9 Å². The topological polar surface area (TPSA) is 51.5 Å². The lowest BCUT2D eigenvalue weighted by Crippen LogP contribution is -2.28. The molecule has 0 aliphatic carbocycles.